The van der Waals surface area contributed by atoms with Crippen molar-refractivity contribution in [1.29, 1.82) is 0 Å². The second-order valence-corrected chi connectivity index (χ2v) is 3.80. The quantitative estimate of drug-likeness (QED) is 0.781. The van der Waals surface area contributed by atoms with Crippen molar-refractivity contribution in [2.75, 3.05) is 26.6 Å². The Morgan fingerprint density at radius 2 is 2.22 bits per heavy atom. The smallest absolute Gasteiger partial charge is 0.316 e. The molecule has 0 aromatic heterocycles. The number of ether oxygens (including phenoxy) is 1. The average molecular weight is 261 g/mol. The monoisotopic (exact) mass is 261 g/mol. The van der Waals surface area contributed by atoms with E-state index in [9.17, 15) is 4.79 Å². The minimum absolute atomic E-state index is 0.652. The highest BCUT2D eigenvalue weighted by Gasteiger charge is 2.43. The fourth-order valence-corrected chi connectivity index (χ4v) is 1.68. The van der Waals surface area contributed by atoms with Gasteiger partial charge in [0, 0.05) is 9.60 Å². The number of hydrogen-bond acceptors (Lipinski definition) is 3. The molecule has 2 rings (SSSR count). The molecule has 1 aromatic rings. The van der Waals surface area contributed by atoms with E-state index in [1.165, 1.54) is 0 Å². The highest BCUT2D eigenvalue weighted by Crippen LogP contribution is 2.36. The van der Waals surface area contributed by atoms with Crippen LogP contribution in [0.1, 0.15) is 44.4 Å². The molecule has 0 atom stereocenters. The van der Waals surface area contributed by atoms with Gasteiger partial charge in [-0.15, -0.1) is 0 Å². The van der Waals surface area contributed by atoms with E-state index in [1.54, 1.807) is 0 Å². The summed E-state index contributed by atoms with van der Waals surface area (Å²) >= 11 is 0. The first-order valence-corrected chi connectivity index (χ1v) is 5.17. The lowest BCUT2D eigenvalue weighted by Gasteiger charge is -2.38. The van der Waals surface area contributed by atoms with Crippen molar-refractivity contribution in [1.82, 2.24) is 4.90 Å². The number of esters is 1. The molecule has 1 aliphatic rings. The molecule has 0 spiro atoms. The molecule has 0 amide bonds. The molecule has 98 valence electrons. The van der Waals surface area contributed by atoms with Crippen molar-refractivity contribution in [2.45, 2.75) is 25.1 Å². The van der Waals surface area contributed by atoms with E-state index in [0.29, 0.717) is 4.90 Å². The first-order chi connectivity index (χ1) is 14.1. The van der Waals surface area contributed by atoms with Crippen LogP contribution in [0.5, 0.6) is 0 Å². The third-order valence-corrected chi connectivity index (χ3v) is 2.75. The van der Waals surface area contributed by atoms with E-state index in [1.807, 2.05) is 0 Å². The zero-order valence-electron chi connectivity index (χ0n) is 23.7. The molecule has 3 nitrogen and oxygen atoms in total. The number of benzene rings is 1. The minimum atomic E-state index is -3.58. The lowest BCUT2D eigenvalue weighted by Crippen LogP contribution is -2.47. The van der Waals surface area contributed by atoms with Gasteiger partial charge in [-0.1, -0.05) is 30.2 Å². The number of hydrogen-bond donors (Lipinski definition) is 0. The summed E-state index contributed by atoms with van der Waals surface area (Å²) < 4.78 is 114. The van der Waals surface area contributed by atoms with Gasteiger partial charge in [-0.3, -0.25) is 4.79 Å². The zero-order chi connectivity index (χ0) is 25.2. The summed E-state index contributed by atoms with van der Waals surface area (Å²) in [7, 11) is 1.08. The predicted octanol–water partition coefficient (Wildman–Crippen LogP) is 2.21. The first kappa shape index (κ1) is 4.07. The highest BCUT2D eigenvalue weighted by molar-refractivity contribution is 5.83. The van der Waals surface area contributed by atoms with Crippen LogP contribution in [0.25, 0.3) is 0 Å². The van der Waals surface area contributed by atoms with E-state index < -0.39 is 86.4 Å². The van der Waals surface area contributed by atoms with E-state index in [0.717, 1.165) is 7.05 Å². The van der Waals surface area contributed by atoms with Gasteiger partial charge in [0.25, 0.3) is 0 Å². The standard InChI is InChI=1S/C15H21NO2/c1-3-18-14(17)15(9-11-16(2)12-10-15)13-7-5-4-6-8-13/h4-8H,3,9-12H2,1-2H3/i1D3,3D2,4D,5D,6D,7D,8D,11D2,12D2. The maximum absolute atomic E-state index is 13.3. The van der Waals surface area contributed by atoms with Crippen molar-refractivity contribution in [3.05, 3.63) is 35.8 Å². The molecule has 1 aromatic carbocycles. The molecule has 1 fully saturated rings. The van der Waals surface area contributed by atoms with E-state index in [-0.39, 0.29) is 0 Å². The second-order valence-electron chi connectivity index (χ2n) is 3.80. The van der Waals surface area contributed by atoms with Gasteiger partial charge < -0.3 is 9.64 Å². The zero-order valence-corrected chi connectivity index (χ0v) is 9.68. The molecule has 0 aliphatic carbocycles. The number of nitrogens with zero attached hydrogens (tertiary/aromatic N) is 1. The first-order valence-electron chi connectivity index (χ1n) is 12.2. The Hall–Kier alpha value is -1.35. The summed E-state index contributed by atoms with van der Waals surface area (Å²) in [6.45, 7) is -12.3. The van der Waals surface area contributed by atoms with Crippen molar-refractivity contribution >= 4 is 5.97 Å². The Kier molecular flexibility index (Phi) is 1.25. The van der Waals surface area contributed by atoms with Gasteiger partial charge in [0.1, 0.15) is 0 Å². The van der Waals surface area contributed by atoms with Crippen LogP contribution < -0.4 is 0 Å². The van der Waals surface area contributed by atoms with E-state index in [2.05, 4.69) is 4.74 Å². The fraction of sp³-hybridized carbons (Fsp3) is 0.533. The molecule has 0 bridgehead atoms. The Labute approximate surface area is 128 Å². The third-order valence-electron chi connectivity index (χ3n) is 2.75. The van der Waals surface area contributed by atoms with Crippen molar-refractivity contribution in [2.24, 2.45) is 0 Å². The number of likely N-dealkylation sites (tertiary alicyclic amines) is 1. The number of carbonyl (C=O) groups is 1. The van der Waals surface area contributed by atoms with Crippen LogP contribution in [0, 0.1) is 0 Å². The van der Waals surface area contributed by atoms with Crippen LogP contribution in [0.3, 0.4) is 0 Å². The van der Waals surface area contributed by atoms with Crippen molar-refractivity contribution < 1.29 is 28.7 Å². The third kappa shape index (κ3) is 2.41. The van der Waals surface area contributed by atoms with Crippen molar-refractivity contribution in [3.63, 3.8) is 0 Å². The largest absolute Gasteiger partial charge is 0.465 e. The molecule has 3 heteroatoms. The Bertz CT molecular complexity index is 894. The topological polar surface area (TPSA) is 29.5 Å². The maximum atomic E-state index is 13.3. The molecule has 0 N–H and O–H groups in total. The summed E-state index contributed by atoms with van der Waals surface area (Å²) in [6, 6.07) is -4.44. The van der Waals surface area contributed by atoms with Crippen LogP contribution in [-0.4, -0.2) is 37.5 Å². The molecule has 0 radical (unpaired) electrons. The molecular weight excluding hydrogens is 226 g/mol. The molecular formula is C15H21NO2. The molecule has 1 aliphatic heterocycles. The van der Waals surface area contributed by atoms with Gasteiger partial charge in [0.05, 0.1) is 21.6 Å². The number of carbonyl (C=O) groups excluding carboxylic acids is 1. The lowest BCUT2D eigenvalue weighted by atomic mass is 9.73. The Balaban J connectivity index is 2.90. The fourth-order valence-electron chi connectivity index (χ4n) is 1.68. The van der Waals surface area contributed by atoms with Gasteiger partial charge in [-0.05, 0) is 45.3 Å². The van der Waals surface area contributed by atoms with E-state index >= 15 is 0 Å². The molecule has 0 unspecified atom stereocenters. The highest BCUT2D eigenvalue weighted by atomic mass is 16.5. The van der Waals surface area contributed by atoms with Gasteiger partial charge in [-0.25, -0.2) is 0 Å². The molecule has 1 heterocycles. The van der Waals surface area contributed by atoms with Crippen molar-refractivity contribution in [3.8, 4) is 0 Å². The van der Waals surface area contributed by atoms with Gasteiger partial charge in [-0.2, -0.15) is 0 Å². The van der Waals surface area contributed by atoms with Gasteiger partial charge in [0.15, 0.2) is 0 Å². The number of piperidine rings is 1. The minimum Gasteiger partial charge on any atom is -0.465 e. The van der Waals surface area contributed by atoms with Crippen LogP contribution in [0.4, 0.5) is 0 Å². The maximum Gasteiger partial charge on any atom is 0.316 e. The summed E-state index contributed by atoms with van der Waals surface area (Å²) in [5.74, 6) is -1.75. The summed E-state index contributed by atoms with van der Waals surface area (Å²) in [4.78, 5) is 13.9. The lowest BCUT2D eigenvalue weighted by molar-refractivity contribution is -0.152. The SMILES string of the molecule is [2H]c1c([2H])c([2H])c(C2(C(=O)OC([2H])([2H])C([2H])([2H])[2H])CC([2H])([2H])N(C)C([2H])([2H])C2)c([2H])c1[2H]. The van der Waals surface area contributed by atoms with Gasteiger partial charge >= 0.3 is 5.97 Å². The summed E-state index contributed by atoms with van der Waals surface area (Å²) in [5.41, 5.74) is -3.43. The van der Waals surface area contributed by atoms with E-state index in [4.69, 9.17) is 19.2 Å². The number of rotatable bonds is 3. The van der Waals surface area contributed by atoms with Crippen LogP contribution in [0.15, 0.2) is 30.2 Å². The van der Waals surface area contributed by atoms with Crippen LogP contribution in [-0.2, 0) is 14.9 Å². The Morgan fingerprint density at radius 1 is 1.56 bits per heavy atom. The van der Waals surface area contributed by atoms with Gasteiger partial charge in [0.2, 0.25) is 0 Å². The van der Waals surface area contributed by atoms with Crippen LogP contribution in [0.2, 0.25) is 0 Å². The summed E-state index contributed by atoms with van der Waals surface area (Å²) in [6.07, 6.45) is -1.97. The predicted molar refractivity (Wildman–Crippen MR) is 71.5 cm³/mol. The van der Waals surface area contributed by atoms with Crippen LogP contribution >= 0.6 is 0 Å². The molecule has 1 saturated heterocycles. The molecule has 0 saturated carbocycles. The normalized spacial score (nSPS) is 37.8. The Morgan fingerprint density at radius 3 is 2.83 bits per heavy atom. The average Bonchev–Trinajstić information content (AvgIpc) is 2.61. The molecule has 18 heavy (non-hydrogen) atoms. The second kappa shape index (κ2) is 5.53. The summed E-state index contributed by atoms with van der Waals surface area (Å²) in [5, 5.41) is 0.